The Labute approximate surface area is 118 Å². The fraction of sp³-hybridized carbons (Fsp3) is 0.615. The van der Waals surface area contributed by atoms with Crippen LogP contribution in [0.3, 0.4) is 0 Å². The van der Waals surface area contributed by atoms with Crippen LogP contribution in [0.4, 0.5) is 11.5 Å². The largest absolute Gasteiger partial charge is 0.379 e. The second-order valence-electron chi connectivity index (χ2n) is 4.85. The molecule has 1 fully saturated rings. The molecule has 0 saturated carbocycles. The molecule has 1 aliphatic rings. The Morgan fingerprint density at radius 3 is 2.90 bits per heavy atom. The second kappa shape index (κ2) is 7.16. The molecule has 0 atom stereocenters. The molecule has 0 unspecified atom stereocenters. The number of ether oxygens (including phenoxy) is 1. The highest BCUT2D eigenvalue weighted by molar-refractivity contribution is 5.46. The Bertz CT molecular complexity index is 461. The van der Waals surface area contributed by atoms with Gasteiger partial charge in [-0.15, -0.1) is 0 Å². The van der Waals surface area contributed by atoms with E-state index in [2.05, 4.69) is 15.2 Å². The topological polar surface area (TPSA) is 80.5 Å². The van der Waals surface area contributed by atoms with E-state index >= 15 is 0 Å². The van der Waals surface area contributed by atoms with Gasteiger partial charge in [0.1, 0.15) is 12.0 Å². The zero-order valence-corrected chi connectivity index (χ0v) is 11.7. The molecule has 1 saturated heterocycles. The van der Waals surface area contributed by atoms with Gasteiger partial charge in [0, 0.05) is 25.2 Å². The zero-order chi connectivity index (χ0) is 14.4. The molecular formula is C13H20N4O3. The Kier molecular flexibility index (Phi) is 5.25. The van der Waals surface area contributed by atoms with E-state index in [4.69, 9.17) is 4.74 Å². The highest BCUT2D eigenvalue weighted by Crippen LogP contribution is 2.18. The van der Waals surface area contributed by atoms with Crippen molar-refractivity contribution >= 4 is 11.5 Å². The summed E-state index contributed by atoms with van der Waals surface area (Å²) in [6, 6.07) is 1.72. The summed E-state index contributed by atoms with van der Waals surface area (Å²) in [6.07, 6.45) is 2.32. The maximum atomic E-state index is 10.7. The van der Waals surface area contributed by atoms with Crippen molar-refractivity contribution in [1.29, 1.82) is 0 Å². The summed E-state index contributed by atoms with van der Waals surface area (Å²) in [5.41, 5.74) is 0.685. The molecule has 7 heteroatoms. The van der Waals surface area contributed by atoms with E-state index in [1.54, 1.807) is 13.0 Å². The van der Waals surface area contributed by atoms with E-state index in [0.717, 1.165) is 45.8 Å². The fourth-order valence-electron chi connectivity index (χ4n) is 2.18. The van der Waals surface area contributed by atoms with Crippen LogP contribution in [0.2, 0.25) is 0 Å². The van der Waals surface area contributed by atoms with Gasteiger partial charge in [-0.25, -0.2) is 4.98 Å². The molecule has 0 amide bonds. The van der Waals surface area contributed by atoms with Gasteiger partial charge in [0.15, 0.2) is 0 Å². The lowest BCUT2D eigenvalue weighted by Crippen LogP contribution is -2.37. The average molecular weight is 280 g/mol. The van der Waals surface area contributed by atoms with Crippen molar-refractivity contribution in [3.05, 3.63) is 27.9 Å². The number of anilines is 1. The third-order valence-electron chi connectivity index (χ3n) is 3.34. The molecule has 1 N–H and O–H groups in total. The molecule has 0 spiro atoms. The normalized spacial score (nSPS) is 16.1. The first-order valence-electron chi connectivity index (χ1n) is 6.82. The van der Waals surface area contributed by atoms with Crippen molar-refractivity contribution in [3.63, 3.8) is 0 Å². The van der Waals surface area contributed by atoms with Gasteiger partial charge in [-0.1, -0.05) is 0 Å². The summed E-state index contributed by atoms with van der Waals surface area (Å²) in [6.45, 7) is 7.18. The molecule has 0 aromatic carbocycles. The van der Waals surface area contributed by atoms with Gasteiger partial charge in [0.2, 0.25) is 0 Å². The lowest BCUT2D eigenvalue weighted by Gasteiger charge is -2.26. The van der Waals surface area contributed by atoms with Crippen LogP contribution in [-0.2, 0) is 4.74 Å². The van der Waals surface area contributed by atoms with Crippen LogP contribution in [0.25, 0.3) is 0 Å². The SMILES string of the molecule is Cc1cc(NCCCN2CCOCC2)ncc1[N+](=O)[O-]. The molecule has 2 heterocycles. The minimum atomic E-state index is -0.412. The number of hydrogen-bond donors (Lipinski definition) is 1. The summed E-state index contributed by atoms with van der Waals surface area (Å²) >= 11 is 0. The third-order valence-corrected chi connectivity index (χ3v) is 3.34. The molecule has 20 heavy (non-hydrogen) atoms. The molecule has 0 aliphatic carbocycles. The van der Waals surface area contributed by atoms with E-state index in [9.17, 15) is 10.1 Å². The van der Waals surface area contributed by atoms with Crippen molar-refractivity contribution in [2.45, 2.75) is 13.3 Å². The van der Waals surface area contributed by atoms with Crippen LogP contribution >= 0.6 is 0 Å². The number of pyridine rings is 1. The van der Waals surface area contributed by atoms with Gasteiger partial charge >= 0.3 is 0 Å². The molecule has 1 aliphatic heterocycles. The molecule has 2 rings (SSSR count). The highest BCUT2D eigenvalue weighted by atomic mass is 16.6. The van der Waals surface area contributed by atoms with Crippen LogP contribution in [0.1, 0.15) is 12.0 Å². The number of rotatable bonds is 6. The average Bonchev–Trinajstić information content (AvgIpc) is 2.44. The number of nitrogens with one attached hydrogen (secondary N) is 1. The summed E-state index contributed by atoms with van der Waals surface area (Å²) in [5, 5.41) is 13.9. The number of nitrogens with zero attached hydrogens (tertiary/aromatic N) is 3. The predicted molar refractivity (Wildman–Crippen MR) is 76.0 cm³/mol. The highest BCUT2D eigenvalue weighted by Gasteiger charge is 2.12. The maximum absolute atomic E-state index is 10.7. The van der Waals surface area contributed by atoms with Crippen molar-refractivity contribution < 1.29 is 9.66 Å². The van der Waals surface area contributed by atoms with Crippen molar-refractivity contribution in [2.24, 2.45) is 0 Å². The van der Waals surface area contributed by atoms with Crippen molar-refractivity contribution in [2.75, 3.05) is 44.7 Å². The van der Waals surface area contributed by atoms with Gasteiger partial charge in [-0.2, -0.15) is 0 Å². The quantitative estimate of drug-likeness (QED) is 0.482. The van der Waals surface area contributed by atoms with E-state index in [1.165, 1.54) is 6.20 Å². The number of hydrogen-bond acceptors (Lipinski definition) is 6. The molecule has 1 aromatic rings. The van der Waals surface area contributed by atoms with Gasteiger partial charge in [-0.3, -0.25) is 15.0 Å². The zero-order valence-electron chi connectivity index (χ0n) is 11.7. The smallest absolute Gasteiger partial charge is 0.290 e. The van der Waals surface area contributed by atoms with Crippen LogP contribution in [0.5, 0.6) is 0 Å². The molecule has 0 bridgehead atoms. The third kappa shape index (κ3) is 4.14. The Morgan fingerprint density at radius 1 is 1.50 bits per heavy atom. The van der Waals surface area contributed by atoms with Gasteiger partial charge in [0.05, 0.1) is 18.1 Å². The lowest BCUT2D eigenvalue weighted by atomic mass is 10.2. The summed E-state index contributed by atoms with van der Waals surface area (Å²) in [4.78, 5) is 16.7. The minimum absolute atomic E-state index is 0.0591. The second-order valence-corrected chi connectivity index (χ2v) is 4.85. The van der Waals surface area contributed by atoms with E-state index in [1.807, 2.05) is 0 Å². The predicted octanol–water partition coefficient (Wildman–Crippen LogP) is 1.43. The molecular weight excluding hydrogens is 260 g/mol. The van der Waals surface area contributed by atoms with Crippen molar-refractivity contribution in [3.8, 4) is 0 Å². The summed E-state index contributed by atoms with van der Waals surface area (Å²) in [5.74, 6) is 0.690. The lowest BCUT2D eigenvalue weighted by molar-refractivity contribution is -0.385. The Balaban J connectivity index is 1.73. The standard InChI is InChI=1S/C13H20N4O3/c1-11-9-13(15-10-12(11)17(18)19)14-3-2-4-16-5-7-20-8-6-16/h9-10H,2-8H2,1H3,(H,14,15). The van der Waals surface area contributed by atoms with Crippen LogP contribution in [-0.4, -0.2) is 54.2 Å². The number of aromatic nitrogens is 1. The molecule has 0 radical (unpaired) electrons. The Morgan fingerprint density at radius 2 is 2.25 bits per heavy atom. The summed E-state index contributed by atoms with van der Waals surface area (Å²) < 4.78 is 5.30. The Hall–Kier alpha value is -1.73. The minimum Gasteiger partial charge on any atom is -0.379 e. The number of aryl methyl sites for hydroxylation is 1. The van der Waals surface area contributed by atoms with Gasteiger partial charge in [0.25, 0.3) is 5.69 Å². The van der Waals surface area contributed by atoms with E-state index < -0.39 is 4.92 Å². The first-order chi connectivity index (χ1) is 9.66. The first kappa shape index (κ1) is 14.7. The summed E-state index contributed by atoms with van der Waals surface area (Å²) in [7, 11) is 0. The van der Waals surface area contributed by atoms with Crippen LogP contribution < -0.4 is 5.32 Å². The number of nitro groups is 1. The number of morpholine rings is 1. The van der Waals surface area contributed by atoms with E-state index in [0.29, 0.717) is 11.4 Å². The van der Waals surface area contributed by atoms with E-state index in [-0.39, 0.29) is 5.69 Å². The maximum Gasteiger partial charge on any atom is 0.290 e. The van der Waals surface area contributed by atoms with Gasteiger partial charge in [-0.05, 0) is 26.0 Å². The van der Waals surface area contributed by atoms with Crippen LogP contribution in [0.15, 0.2) is 12.3 Å². The first-order valence-corrected chi connectivity index (χ1v) is 6.82. The van der Waals surface area contributed by atoms with Crippen LogP contribution in [0, 0.1) is 17.0 Å². The van der Waals surface area contributed by atoms with Gasteiger partial charge < -0.3 is 10.1 Å². The molecule has 110 valence electrons. The molecule has 7 nitrogen and oxygen atoms in total. The molecule has 1 aromatic heterocycles. The van der Waals surface area contributed by atoms with Crippen molar-refractivity contribution in [1.82, 2.24) is 9.88 Å². The monoisotopic (exact) mass is 280 g/mol. The fourth-order valence-corrected chi connectivity index (χ4v) is 2.18.